The first kappa shape index (κ1) is 38.7. The van der Waals surface area contributed by atoms with Gasteiger partial charge in [0.05, 0.1) is 34.9 Å². The Morgan fingerprint density at radius 2 is 1.07 bits per heavy atom. The number of aliphatic imine (C=N–C) groups is 2. The molecule has 4 unspecified atom stereocenters. The molecular formula is C24H44Cl4N8O2P2S2. The van der Waals surface area contributed by atoms with Crippen LogP contribution in [0.2, 0.25) is 0 Å². The molecule has 4 N–H and O–H groups in total. The van der Waals surface area contributed by atoms with Crippen molar-refractivity contribution in [3.8, 4) is 0 Å². The van der Waals surface area contributed by atoms with Crippen molar-refractivity contribution >= 4 is 104 Å². The maximum Gasteiger partial charge on any atom is 0.232 e. The number of amidine groups is 2. The molecule has 2 rings (SSSR count). The Morgan fingerprint density at radius 3 is 1.38 bits per heavy atom. The van der Waals surface area contributed by atoms with Crippen LogP contribution in [0.4, 0.5) is 0 Å². The summed E-state index contributed by atoms with van der Waals surface area (Å²) in [6, 6.07) is 0. The quantitative estimate of drug-likeness (QED) is 0.0345. The molecule has 2 aliphatic rings. The minimum atomic E-state index is -2.82. The topological polar surface area (TPSA) is 132 Å². The molecule has 0 aromatic heterocycles. The van der Waals surface area contributed by atoms with Gasteiger partial charge in [-0.05, 0) is 60.3 Å². The van der Waals surface area contributed by atoms with Crippen LogP contribution in [0.25, 0.3) is 0 Å². The number of halogens is 4. The van der Waals surface area contributed by atoms with E-state index < -0.39 is 13.0 Å². The third-order valence-electron chi connectivity index (χ3n) is 6.13. The summed E-state index contributed by atoms with van der Waals surface area (Å²) >= 11 is 25.8. The highest BCUT2D eigenvalue weighted by molar-refractivity contribution is 8.65. The number of unbranched alkanes of at least 4 members (excludes halogenated alkanes) is 3. The van der Waals surface area contributed by atoms with Gasteiger partial charge < -0.3 is 0 Å². The Bertz CT molecular complexity index is 987. The summed E-state index contributed by atoms with van der Waals surface area (Å²) in [7, 11) is 0. The molecule has 242 valence electrons. The Hall–Kier alpha value is 0.520. The van der Waals surface area contributed by atoms with Gasteiger partial charge in [-0.2, -0.15) is 10.2 Å². The molecule has 0 bridgehead atoms. The monoisotopic (exact) mass is 742 g/mol. The van der Waals surface area contributed by atoms with E-state index in [4.69, 9.17) is 46.4 Å². The van der Waals surface area contributed by atoms with Gasteiger partial charge in [-0.1, -0.05) is 40.5 Å². The van der Waals surface area contributed by atoms with Crippen molar-refractivity contribution in [2.75, 3.05) is 36.6 Å². The Balaban J connectivity index is 1.78. The fourth-order valence-electron chi connectivity index (χ4n) is 3.97. The fourth-order valence-corrected chi connectivity index (χ4v) is 14.2. The molecule has 0 aromatic rings. The predicted octanol–water partition coefficient (Wildman–Crippen LogP) is 7.91. The van der Waals surface area contributed by atoms with Crippen LogP contribution < -0.4 is 21.0 Å². The van der Waals surface area contributed by atoms with Gasteiger partial charge in [-0.3, -0.25) is 30.2 Å². The van der Waals surface area contributed by atoms with Gasteiger partial charge in [0.1, 0.15) is 11.6 Å². The molecule has 0 fully saturated rings. The molecule has 2 aliphatic heterocycles. The van der Waals surface area contributed by atoms with E-state index in [2.05, 4.69) is 68.9 Å². The van der Waals surface area contributed by atoms with Crippen LogP contribution >= 0.6 is 82.2 Å². The first-order chi connectivity index (χ1) is 20.0. The summed E-state index contributed by atoms with van der Waals surface area (Å²) in [5.74, 6) is 0.982. The van der Waals surface area contributed by atoms with E-state index in [0.717, 1.165) is 38.5 Å². The van der Waals surface area contributed by atoms with Crippen LogP contribution in [0.15, 0.2) is 20.2 Å². The highest BCUT2D eigenvalue weighted by atomic mass is 35.5. The molecule has 0 saturated carbocycles. The fraction of sp³-hybridized carbons (Fsp3) is 0.833. The third kappa shape index (κ3) is 13.1. The second kappa shape index (κ2) is 19.9. The second-order valence-electron chi connectivity index (χ2n) is 10.8. The summed E-state index contributed by atoms with van der Waals surface area (Å²) in [6.07, 6.45) is 5.12. The van der Waals surface area contributed by atoms with Crippen LogP contribution in [0.3, 0.4) is 0 Å². The van der Waals surface area contributed by atoms with Gasteiger partial charge in [-0.15, -0.1) is 46.4 Å². The van der Waals surface area contributed by atoms with Crippen LogP contribution in [0.5, 0.6) is 0 Å². The molecule has 0 aliphatic carbocycles. The highest BCUT2D eigenvalue weighted by Gasteiger charge is 2.42. The third-order valence-corrected chi connectivity index (χ3v) is 17.1. The summed E-state index contributed by atoms with van der Waals surface area (Å²) in [4.78, 5) is 9.29. The molecule has 0 amide bonds. The van der Waals surface area contributed by atoms with Crippen molar-refractivity contribution < 1.29 is 9.13 Å². The number of rotatable bonds is 19. The first-order valence-electron chi connectivity index (χ1n) is 14.1. The normalized spacial score (nSPS) is 25.5. The second-order valence-corrected chi connectivity index (χ2v) is 21.6. The summed E-state index contributed by atoms with van der Waals surface area (Å²) in [6.45, 7) is 4.01. The Morgan fingerprint density at radius 1 is 0.714 bits per heavy atom. The molecule has 0 spiro atoms. The summed E-state index contributed by atoms with van der Waals surface area (Å²) in [5, 5.41) is 16.0. The van der Waals surface area contributed by atoms with E-state index in [1.54, 1.807) is 0 Å². The number of nitrogens with one attached hydrogen (secondary N) is 4. The van der Waals surface area contributed by atoms with Gasteiger partial charge >= 0.3 is 0 Å². The van der Waals surface area contributed by atoms with E-state index in [1.165, 1.54) is 22.8 Å². The van der Waals surface area contributed by atoms with Crippen molar-refractivity contribution in [2.45, 2.75) is 77.8 Å². The molecule has 0 aromatic carbocycles. The van der Waals surface area contributed by atoms with Crippen molar-refractivity contribution in [1.29, 1.82) is 0 Å². The summed E-state index contributed by atoms with van der Waals surface area (Å²) in [5.41, 5.74) is 6.97. The predicted molar refractivity (Wildman–Crippen MR) is 190 cm³/mol. The summed E-state index contributed by atoms with van der Waals surface area (Å²) < 4.78 is 27.5. The van der Waals surface area contributed by atoms with Crippen LogP contribution in [0.1, 0.15) is 66.2 Å². The lowest BCUT2D eigenvalue weighted by atomic mass is 10.1. The van der Waals surface area contributed by atoms with Gasteiger partial charge in [0.15, 0.2) is 10.3 Å². The number of hydrogen-bond acceptors (Lipinski definition) is 10. The maximum atomic E-state index is 13.8. The van der Waals surface area contributed by atoms with E-state index in [1.807, 2.05) is 0 Å². The first-order valence-corrected chi connectivity index (χ1v) is 22.6. The average molecular weight is 745 g/mol. The Kier molecular flexibility index (Phi) is 18.3. The minimum absolute atomic E-state index is 0.218. The molecule has 2 heterocycles. The molecule has 42 heavy (non-hydrogen) atoms. The van der Waals surface area contributed by atoms with Gasteiger partial charge in [0, 0.05) is 13.1 Å². The molecule has 0 saturated heterocycles. The zero-order valence-corrected chi connectivity index (χ0v) is 31.1. The minimum Gasteiger partial charge on any atom is -0.292 e. The number of hydrazone groups is 2. The van der Waals surface area contributed by atoms with Gasteiger partial charge in [0.2, 0.25) is 13.0 Å². The molecule has 10 nitrogen and oxygen atoms in total. The van der Waals surface area contributed by atoms with Crippen LogP contribution in [-0.2, 0) is 9.13 Å². The molecule has 18 heteroatoms. The highest BCUT2D eigenvalue weighted by Crippen LogP contribution is 2.66. The number of nitrogens with zero attached hydrogens (tertiary/aromatic N) is 4. The van der Waals surface area contributed by atoms with Crippen LogP contribution in [0, 0.1) is 11.8 Å². The van der Waals surface area contributed by atoms with E-state index >= 15 is 0 Å². The lowest BCUT2D eigenvalue weighted by Gasteiger charge is -2.21. The van der Waals surface area contributed by atoms with E-state index in [0.29, 0.717) is 46.7 Å². The lowest BCUT2D eigenvalue weighted by Crippen LogP contribution is -2.18. The van der Waals surface area contributed by atoms with Crippen molar-refractivity contribution in [3.63, 3.8) is 0 Å². The zero-order valence-electron chi connectivity index (χ0n) is 24.6. The smallest absolute Gasteiger partial charge is 0.232 e. The number of hydrogen-bond donors (Lipinski definition) is 4. The maximum absolute atomic E-state index is 13.8. The van der Waals surface area contributed by atoms with Crippen molar-refractivity contribution in [2.24, 2.45) is 32.0 Å². The average Bonchev–Trinajstić information content (AvgIpc) is 3.41. The van der Waals surface area contributed by atoms with Crippen LogP contribution in [-0.4, -0.2) is 69.9 Å². The molecule has 0 radical (unpaired) electrons. The molecular weight excluding hydrogens is 700 g/mol. The van der Waals surface area contributed by atoms with E-state index in [-0.39, 0.29) is 35.1 Å². The Labute approximate surface area is 278 Å². The van der Waals surface area contributed by atoms with Gasteiger partial charge in [0.25, 0.3) is 0 Å². The van der Waals surface area contributed by atoms with Crippen molar-refractivity contribution in [3.05, 3.63) is 0 Å². The SMILES string of the molecule is CC(C)CC1N=C(NN=C(CCl)CCl)SP1(=O)NCCCCCCNP1(=O)SC(NN=C(CCl)CCl)=NC1CC(C)C. The van der Waals surface area contributed by atoms with Gasteiger partial charge in [-0.25, -0.2) is 9.98 Å². The lowest BCUT2D eigenvalue weighted by molar-refractivity contribution is 0.523. The zero-order chi connectivity index (χ0) is 31.2. The largest absolute Gasteiger partial charge is 0.292 e. The molecule has 4 atom stereocenters. The number of alkyl halides is 4. The van der Waals surface area contributed by atoms with E-state index in [9.17, 15) is 9.13 Å². The van der Waals surface area contributed by atoms with Crippen molar-refractivity contribution in [1.82, 2.24) is 21.0 Å². The standard InChI is InChI=1S/C24H44Cl4N8O2P2S2/c1-17(2)11-21-31-23(35-33-19(13-25)14-26)41-39(21,37)29-9-7-5-6-8-10-30-40(38)22(12-18(3)4)32-24(42-40)36-34-20(15-27)16-28/h17-18,21-22H,5-16H2,1-4H3,(H,29,37)(H,30,38)(H,31,35)(H,32,36).